The van der Waals surface area contributed by atoms with E-state index in [4.69, 9.17) is 9.15 Å². The number of aliphatic imine (C=N–C) groups is 1. The van der Waals surface area contributed by atoms with Crippen LogP contribution in [0.1, 0.15) is 36.6 Å². The second-order valence-electron chi connectivity index (χ2n) is 7.82. The maximum absolute atomic E-state index is 5.77. The first-order valence-corrected chi connectivity index (χ1v) is 10.8. The minimum absolute atomic E-state index is 0. The van der Waals surface area contributed by atoms with Crippen LogP contribution in [0.3, 0.4) is 0 Å². The Morgan fingerprint density at radius 3 is 2.75 bits per heavy atom. The molecule has 8 heteroatoms. The highest BCUT2D eigenvalue weighted by atomic mass is 127. The van der Waals surface area contributed by atoms with Crippen molar-refractivity contribution in [2.45, 2.75) is 39.8 Å². The van der Waals surface area contributed by atoms with Gasteiger partial charge in [0.15, 0.2) is 5.96 Å². The summed E-state index contributed by atoms with van der Waals surface area (Å²) in [6.07, 6.45) is 5.98. The van der Waals surface area contributed by atoms with Crippen LogP contribution in [0.5, 0.6) is 5.88 Å². The number of aryl methyl sites for hydroxylation is 1. The normalized spacial score (nSPS) is 13.4. The molecule has 0 saturated heterocycles. The second kappa shape index (κ2) is 11.8. The molecule has 0 amide bonds. The quantitative estimate of drug-likeness (QED) is 0.230. The SMILES string of the molecule is CCNC(=NCc1ccnc(OCC2CC2)c1)NCc1coc(-c2ccc(C)cc2)n1.I. The van der Waals surface area contributed by atoms with Crippen LogP contribution in [0, 0.1) is 12.8 Å². The summed E-state index contributed by atoms with van der Waals surface area (Å²) in [5.74, 6) is 2.72. The Balaban J connectivity index is 0.00000289. The molecule has 4 rings (SSSR count). The number of benzene rings is 1. The molecular formula is C24H30IN5O2. The predicted octanol–water partition coefficient (Wildman–Crippen LogP) is 4.71. The standard InChI is InChI=1S/C24H29N5O2.HI/c1-3-25-24(27-13-19-10-11-26-22(12-19)30-15-18-6-7-18)28-14-21-16-31-23(29-21)20-8-4-17(2)5-9-20;/h4-5,8-12,16,18H,3,6-7,13-15H2,1-2H3,(H2,25,27,28);1H. The van der Waals surface area contributed by atoms with Crippen LogP contribution in [0.25, 0.3) is 11.5 Å². The summed E-state index contributed by atoms with van der Waals surface area (Å²) in [6.45, 7) is 6.68. The van der Waals surface area contributed by atoms with E-state index in [0.717, 1.165) is 35.9 Å². The van der Waals surface area contributed by atoms with Crippen molar-refractivity contribution < 1.29 is 9.15 Å². The van der Waals surface area contributed by atoms with Crippen LogP contribution < -0.4 is 15.4 Å². The minimum Gasteiger partial charge on any atom is -0.477 e. The van der Waals surface area contributed by atoms with Gasteiger partial charge in [0.25, 0.3) is 0 Å². The third-order valence-corrected chi connectivity index (χ3v) is 5.01. The van der Waals surface area contributed by atoms with Gasteiger partial charge in [0, 0.05) is 24.4 Å². The highest BCUT2D eigenvalue weighted by Gasteiger charge is 2.22. The van der Waals surface area contributed by atoms with E-state index in [2.05, 4.69) is 44.7 Å². The molecule has 2 aromatic heterocycles. The van der Waals surface area contributed by atoms with E-state index in [1.165, 1.54) is 18.4 Å². The number of halogens is 1. The summed E-state index contributed by atoms with van der Waals surface area (Å²) in [7, 11) is 0. The Morgan fingerprint density at radius 1 is 1.19 bits per heavy atom. The van der Waals surface area contributed by atoms with Gasteiger partial charge < -0.3 is 19.8 Å². The number of nitrogens with zero attached hydrogens (tertiary/aromatic N) is 3. The Labute approximate surface area is 206 Å². The van der Waals surface area contributed by atoms with E-state index in [1.54, 1.807) is 12.5 Å². The van der Waals surface area contributed by atoms with E-state index in [-0.39, 0.29) is 24.0 Å². The van der Waals surface area contributed by atoms with Gasteiger partial charge in [-0.05, 0) is 56.4 Å². The first-order chi connectivity index (χ1) is 15.2. The Kier molecular flexibility index (Phi) is 8.90. The van der Waals surface area contributed by atoms with E-state index in [0.29, 0.717) is 30.8 Å². The molecule has 7 nitrogen and oxygen atoms in total. The molecule has 1 fully saturated rings. The monoisotopic (exact) mass is 547 g/mol. The fourth-order valence-corrected chi connectivity index (χ4v) is 3.02. The van der Waals surface area contributed by atoms with Gasteiger partial charge in [0.2, 0.25) is 11.8 Å². The Bertz CT molecular complexity index is 1020. The molecule has 3 aromatic rings. The van der Waals surface area contributed by atoms with Gasteiger partial charge in [-0.15, -0.1) is 24.0 Å². The van der Waals surface area contributed by atoms with Crippen molar-refractivity contribution in [3.05, 3.63) is 65.7 Å². The third kappa shape index (κ3) is 7.22. The summed E-state index contributed by atoms with van der Waals surface area (Å²) in [4.78, 5) is 13.5. The summed E-state index contributed by atoms with van der Waals surface area (Å²) in [6, 6.07) is 12.1. The zero-order valence-corrected chi connectivity index (χ0v) is 20.8. The molecule has 0 unspecified atom stereocenters. The lowest BCUT2D eigenvalue weighted by atomic mass is 10.1. The topological polar surface area (TPSA) is 84.6 Å². The van der Waals surface area contributed by atoms with Crippen molar-refractivity contribution in [2.24, 2.45) is 10.9 Å². The summed E-state index contributed by atoms with van der Waals surface area (Å²) < 4.78 is 11.4. The summed E-state index contributed by atoms with van der Waals surface area (Å²) in [5, 5.41) is 6.58. The summed E-state index contributed by atoms with van der Waals surface area (Å²) >= 11 is 0. The molecule has 2 N–H and O–H groups in total. The van der Waals surface area contributed by atoms with Crippen LogP contribution in [-0.4, -0.2) is 29.1 Å². The number of guanidine groups is 1. The van der Waals surface area contributed by atoms with Crippen LogP contribution in [0.4, 0.5) is 0 Å². The van der Waals surface area contributed by atoms with Crippen LogP contribution in [0.2, 0.25) is 0 Å². The molecule has 32 heavy (non-hydrogen) atoms. The van der Waals surface area contributed by atoms with Crippen molar-refractivity contribution in [2.75, 3.05) is 13.2 Å². The van der Waals surface area contributed by atoms with Crippen molar-refractivity contribution in [1.29, 1.82) is 0 Å². The largest absolute Gasteiger partial charge is 0.477 e. The number of rotatable bonds is 9. The van der Waals surface area contributed by atoms with Crippen LogP contribution in [-0.2, 0) is 13.1 Å². The number of pyridine rings is 1. The highest BCUT2D eigenvalue weighted by molar-refractivity contribution is 14.0. The van der Waals surface area contributed by atoms with Gasteiger partial charge >= 0.3 is 0 Å². The van der Waals surface area contributed by atoms with Gasteiger partial charge in [-0.2, -0.15) is 0 Å². The number of hydrogen-bond acceptors (Lipinski definition) is 5. The summed E-state index contributed by atoms with van der Waals surface area (Å²) in [5.41, 5.74) is 4.05. The molecule has 1 saturated carbocycles. The molecule has 0 atom stereocenters. The third-order valence-electron chi connectivity index (χ3n) is 5.01. The van der Waals surface area contributed by atoms with E-state index in [1.807, 2.05) is 31.2 Å². The molecule has 0 radical (unpaired) electrons. The van der Waals surface area contributed by atoms with E-state index >= 15 is 0 Å². The van der Waals surface area contributed by atoms with Gasteiger partial charge in [-0.25, -0.2) is 15.0 Å². The van der Waals surface area contributed by atoms with E-state index in [9.17, 15) is 0 Å². The number of nitrogens with one attached hydrogen (secondary N) is 2. The molecule has 1 aliphatic rings. The highest BCUT2D eigenvalue weighted by Crippen LogP contribution is 2.29. The molecule has 170 valence electrons. The minimum atomic E-state index is 0. The Morgan fingerprint density at radius 2 is 2.00 bits per heavy atom. The number of hydrogen-bond donors (Lipinski definition) is 2. The van der Waals surface area contributed by atoms with Crippen molar-refractivity contribution in [3.8, 4) is 17.3 Å². The molecule has 0 spiro atoms. The maximum Gasteiger partial charge on any atom is 0.226 e. The first-order valence-electron chi connectivity index (χ1n) is 10.8. The Hall–Kier alpha value is -2.62. The number of aromatic nitrogens is 2. The lowest BCUT2D eigenvalue weighted by Crippen LogP contribution is -2.36. The lowest BCUT2D eigenvalue weighted by molar-refractivity contribution is 0.288. The zero-order chi connectivity index (χ0) is 21.5. The van der Waals surface area contributed by atoms with Crippen molar-refractivity contribution in [3.63, 3.8) is 0 Å². The maximum atomic E-state index is 5.77. The molecule has 1 aromatic carbocycles. The molecular weight excluding hydrogens is 517 g/mol. The first kappa shape index (κ1) is 24.0. The molecule has 2 heterocycles. The average Bonchev–Trinajstić information content (AvgIpc) is 3.51. The lowest BCUT2D eigenvalue weighted by Gasteiger charge is -2.10. The second-order valence-corrected chi connectivity index (χ2v) is 7.82. The number of oxazole rings is 1. The molecule has 0 aliphatic heterocycles. The smallest absolute Gasteiger partial charge is 0.226 e. The van der Waals surface area contributed by atoms with Crippen LogP contribution >= 0.6 is 24.0 Å². The fourth-order valence-electron chi connectivity index (χ4n) is 3.02. The van der Waals surface area contributed by atoms with Crippen molar-refractivity contribution in [1.82, 2.24) is 20.6 Å². The molecule has 1 aliphatic carbocycles. The molecule has 0 bridgehead atoms. The van der Waals surface area contributed by atoms with Gasteiger partial charge in [0.1, 0.15) is 6.26 Å². The fraction of sp³-hybridized carbons (Fsp3) is 0.375. The zero-order valence-electron chi connectivity index (χ0n) is 18.5. The van der Waals surface area contributed by atoms with E-state index < -0.39 is 0 Å². The van der Waals surface area contributed by atoms with Gasteiger partial charge in [-0.3, -0.25) is 0 Å². The van der Waals surface area contributed by atoms with Gasteiger partial charge in [-0.1, -0.05) is 17.7 Å². The van der Waals surface area contributed by atoms with Crippen molar-refractivity contribution >= 4 is 29.9 Å². The van der Waals surface area contributed by atoms with Crippen LogP contribution in [0.15, 0.2) is 58.3 Å². The average molecular weight is 547 g/mol. The van der Waals surface area contributed by atoms with Gasteiger partial charge in [0.05, 0.1) is 25.4 Å². The number of ether oxygens (including phenoxy) is 1. The predicted molar refractivity (Wildman–Crippen MR) is 136 cm³/mol.